The number of pyridine rings is 1. The van der Waals surface area contributed by atoms with Crippen molar-refractivity contribution in [2.24, 2.45) is 0 Å². The molecule has 4 rings (SSSR count). The van der Waals surface area contributed by atoms with Gasteiger partial charge in [-0.05, 0) is 31.4 Å². The van der Waals surface area contributed by atoms with Crippen LogP contribution in [0.25, 0.3) is 21.7 Å². The molecule has 0 saturated carbocycles. The quantitative estimate of drug-likeness (QED) is 0.537. The van der Waals surface area contributed by atoms with Gasteiger partial charge in [0.1, 0.15) is 0 Å². The van der Waals surface area contributed by atoms with Crippen LogP contribution in [0.3, 0.4) is 0 Å². The van der Waals surface area contributed by atoms with Crippen molar-refractivity contribution in [2.75, 3.05) is 5.43 Å². The van der Waals surface area contributed by atoms with E-state index in [4.69, 9.17) is 4.74 Å². The van der Waals surface area contributed by atoms with Crippen LogP contribution in [0, 0.1) is 13.8 Å². The highest BCUT2D eigenvalue weighted by Crippen LogP contribution is 2.26. The molecule has 0 spiro atoms. The zero-order chi connectivity index (χ0) is 20.5. The molecule has 1 N–H and O–H groups in total. The van der Waals surface area contributed by atoms with Gasteiger partial charge in [-0.1, -0.05) is 13.8 Å². The maximum atomic E-state index is 12.5. The lowest BCUT2D eigenvalue weighted by molar-refractivity contribution is 0.211. The van der Waals surface area contributed by atoms with E-state index in [1.807, 2.05) is 24.6 Å². The Morgan fingerprint density at radius 1 is 1.24 bits per heavy atom. The highest BCUT2D eigenvalue weighted by atomic mass is 32.1. The number of carbonyl (C=O) groups excluding carboxylic acids is 1. The van der Waals surface area contributed by atoms with Crippen molar-refractivity contribution in [3.63, 3.8) is 0 Å². The van der Waals surface area contributed by atoms with Gasteiger partial charge in [0.2, 0.25) is 0 Å². The van der Waals surface area contributed by atoms with Gasteiger partial charge in [-0.3, -0.25) is 9.66 Å². The fraction of sp³-hybridized carbons (Fsp3) is 0.250. The number of ether oxygens (including phenoxy) is 1. The number of fused-ring (bicyclic) bond motifs is 1. The molecule has 4 heterocycles. The third-order valence-electron chi connectivity index (χ3n) is 4.42. The topological polar surface area (TPSA) is 94.8 Å². The van der Waals surface area contributed by atoms with E-state index in [0.29, 0.717) is 17.4 Å². The Morgan fingerprint density at radius 2 is 2.07 bits per heavy atom. The second-order valence-electron chi connectivity index (χ2n) is 6.94. The number of amides is 1. The van der Waals surface area contributed by atoms with Gasteiger partial charge in [-0.25, -0.2) is 25.2 Å². The first-order valence-electron chi connectivity index (χ1n) is 9.12. The smallest absolute Gasteiger partial charge is 0.406 e. The molecule has 0 atom stereocenters. The molecule has 0 aliphatic heterocycles. The van der Waals surface area contributed by atoms with Crippen LogP contribution in [0.5, 0.6) is 5.75 Å². The molecule has 8 nitrogen and oxygen atoms in total. The molecule has 148 valence electrons. The fourth-order valence-electron chi connectivity index (χ4n) is 2.99. The zero-order valence-electron chi connectivity index (χ0n) is 16.5. The summed E-state index contributed by atoms with van der Waals surface area (Å²) < 4.78 is 7.06. The molecule has 0 aliphatic carbocycles. The first-order chi connectivity index (χ1) is 13.9. The fourth-order valence-corrected chi connectivity index (χ4v) is 3.73. The molecule has 0 aromatic carbocycles. The lowest BCUT2D eigenvalue weighted by Crippen LogP contribution is -2.25. The van der Waals surface area contributed by atoms with Gasteiger partial charge in [0, 0.05) is 28.9 Å². The number of nitrogens with one attached hydrogen (secondary N) is 1. The van der Waals surface area contributed by atoms with Crippen LogP contribution in [0.4, 0.5) is 4.79 Å². The molecule has 1 amide bonds. The van der Waals surface area contributed by atoms with Gasteiger partial charge in [-0.2, -0.15) is 0 Å². The van der Waals surface area contributed by atoms with E-state index >= 15 is 0 Å². The van der Waals surface area contributed by atoms with E-state index in [1.165, 1.54) is 17.5 Å². The summed E-state index contributed by atoms with van der Waals surface area (Å²) >= 11 is 1.47. The predicted octanol–water partition coefficient (Wildman–Crippen LogP) is 4.43. The number of aryl methyl sites for hydroxylation is 2. The molecule has 9 heteroatoms. The second kappa shape index (κ2) is 7.59. The van der Waals surface area contributed by atoms with Crippen molar-refractivity contribution in [1.82, 2.24) is 24.6 Å². The SMILES string of the molecule is Cc1csc(-c2ncc(OC(=O)Nn3cc(C(C)C)c4ccncc43)c(C)n2)n1. The van der Waals surface area contributed by atoms with Crippen LogP contribution in [-0.2, 0) is 0 Å². The standard InChI is InChI=1S/C20H20N6O2S/c1-11(2)15-9-26(16-7-21-6-5-14(15)16)25-20(27)28-17-8-22-18(24-13(17)4)19-23-12(3)10-29-19/h5-11H,1-4H3,(H,25,27). The number of hydrogen-bond acceptors (Lipinski definition) is 7. The highest BCUT2D eigenvalue weighted by molar-refractivity contribution is 7.13. The van der Waals surface area contributed by atoms with E-state index < -0.39 is 6.09 Å². The number of nitrogens with zero attached hydrogens (tertiary/aromatic N) is 5. The summed E-state index contributed by atoms with van der Waals surface area (Å²) in [5, 5.41) is 3.71. The second-order valence-corrected chi connectivity index (χ2v) is 7.80. The Hall–Kier alpha value is -3.33. The first-order valence-corrected chi connectivity index (χ1v) is 10.00. The molecule has 0 unspecified atom stereocenters. The molecular weight excluding hydrogens is 388 g/mol. The maximum Gasteiger partial charge on any atom is 0.432 e. The lowest BCUT2D eigenvalue weighted by Gasteiger charge is -2.10. The Balaban J connectivity index is 1.54. The number of rotatable bonds is 4. The molecule has 0 aliphatic rings. The van der Waals surface area contributed by atoms with E-state index in [1.54, 1.807) is 24.0 Å². The van der Waals surface area contributed by atoms with Gasteiger partial charge in [-0.15, -0.1) is 11.3 Å². The van der Waals surface area contributed by atoms with Gasteiger partial charge in [0.15, 0.2) is 16.6 Å². The number of thiazole rings is 1. The maximum absolute atomic E-state index is 12.5. The van der Waals surface area contributed by atoms with Gasteiger partial charge < -0.3 is 4.74 Å². The van der Waals surface area contributed by atoms with Gasteiger partial charge in [0.05, 0.1) is 23.6 Å². The Bertz CT molecular complexity index is 1200. The van der Waals surface area contributed by atoms with Crippen molar-refractivity contribution >= 4 is 28.3 Å². The molecule has 4 aromatic rings. The summed E-state index contributed by atoms with van der Waals surface area (Å²) in [4.78, 5) is 29.7. The largest absolute Gasteiger partial charge is 0.432 e. The Morgan fingerprint density at radius 3 is 2.76 bits per heavy atom. The molecule has 0 bridgehead atoms. The van der Waals surface area contributed by atoms with Crippen molar-refractivity contribution < 1.29 is 9.53 Å². The minimum absolute atomic E-state index is 0.290. The van der Waals surface area contributed by atoms with Gasteiger partial charge in [0.25, 0.3) is 0 Å². The summed E-state index contributed by atoms with van der Waals surface area (Å²) in [6.45, 7) is 7.88. The van der Waals surface area contributed by atoms with Crippen LogP contribution in [-0.4, -0.2) is 30.7 Å². The van der Waals surface area contributed by atoms with Crippen molar-refractivity contribution in [3.8, 4) is 16.6 Å². The van der Waals surface area contributed by atoms with E-state index in [-0.39, 0.29) is 5.75 Å². The average Bonchev–Trinajstić information content (AvgIpc) is 3.28. The number of aromatic nitrogens is 5. The third kappa shape index (κ3) is 3.81. The van der Waals surface area contributed by atoms with Crippen LogP contribution in [0.1, 0.15) is 36.7 Å². The highest BCUT2D eigenvalue weighted by Gasteiger charge is 2.16. The zero-order valence-corrected chi connectivity index (χ0v) is 17.3. The van der Waals surface area contributed by atoms with Crippen LogP contribution < -0.4 is 10.2 Å². The number of carbonyl (C=O) groups is 1. The van der Waals surface area contributed by atoms with E-state index in [0.717, 1.165) is 27.2 Å². The normalized spacial score (nSPS) is 11.2. The molecule has 29 heavy (non-hydrogen) atoms. The summed E-state index contributed by atoms with van der Waals surface area (Å²) in [5.74, 6) is 1.10. The van der Waals surface area contributed by atoms with Crippen LogP contribution in [0.2, 0.25) is 0 Å². The number of hydrogen-bond donors (Lipinski definition) is 1. The molecule has 0 saturated heterocycles. The molecular formula is C20H20N6O2S. The first kappa shape index (κ1) is 19.0. The minimum Gasteiger partial charge on any atom is -0.406 e. The van der Waals surface area contributed by atoms with Crippen LogP contribution >= 0.6 is 11.3 Å². The van der Waals surface area contributed by atoms with Crippen molar-refractivity contribution in [2.45, 2.75) is 33.6 Å². The third-order valence-corrected chi connectivity index (χ3v) is 5.38. The van der Waals surface area contributed by atoms with Crippen LogP contribution in [0.15, 0.2) is 36.2 Å². The van der Waals surface area contributed by atoms with Gasteiger partial charge >= 0.3 is 6.09 Å². The molecule has 0 radical (unpaired) electrons. The Labute approximate surface area is 171 Å². The average molecular weight is 408 g/mol. The summed E-state index contributed by atoms with van der Waals surface area (Å²) in [7, 11) is 0. The Kier molecular flexibility index (Phi) is 4.98. The van der Waals surface area contributed by atoms with E-state index in [2.05, 4.69) is 39.2 Å². The van der Waals surface area contributed by atoms with E-state index in [9.17, 15) is 4.79 Å². The van der Waals surface area contributed by atoms with Crippen molar-refractivity contribution in [3.05, 3.63) is 53.2 Å². The summed E-state index contributed by atoms with van der Waals surface area (Å²) in [6, 6.07) is 1.94. The van der Waals surface area contributed by atoms with Crippen molar-refractivity contribution in [1.29, 1.82) is 0 Å². The summed E-state index contributed by atoms with van der Waals surface area (Å²) in [6.07, 6.45) is 6.19. The molecule has 0 fully saturated rings. The minimum atomic E-state index is -0.634. The lowest BCUT2D eigenvalue weighted by atomic mass is 10.0. The monoisotopic (exact) mass is 408 g/mol. The molecule has 4 aromatic heterocycles. The summed E-state index contributed by atoms with van der Waals surface area (Å²) in [5.41, 5.74) is 6.12. The predicted molar refractivity (Wildman–Crippen MR) is 112 cm³/mol.